The largest absolute Gasteiger partial charge is 0.361 e. The molecule has 26 heavy (non-hydrogen) atoms. The molecule has 0 aliphatic rings. The Bertz CT molecular complexity index is 902. The number of H-pyrrole nitrogens is 2. The lowest BCUT2D eigenvalue weighted by Crippen LogP contribution is -2.00. The Hall–Kier alpha value is -2.48. The summed E-state index contributed by atoms with van der Waals surface area (Å²) in [4.78, 5) is 6.96. The molecule has 0 fully saturated rings. The predicted octanol–water partition coefficient (Wildman–Crippen LogP) is 7.14. The molecule has 2 N–H and O–H groups in total. The number of para-hydroxylation sites is 2. The molecule has 2 heterocycles. The van der Waals surface area contributed by atoms with Crippen molar-refractivity contribution in [3.05, 3.63) is 72.1 Å². The Morgan fingerprint density at radius 3 is 1.81 bits per heavy atom. The minimum Gasteiger partial charge on any atom is -0.361 e. The van der Waals surface area contributed by atoms with Crippen molar-refractivity contribution >= 4 is 21.8 Å². The second-order valence-corrected chi connectivity index (χ2v) is 7.33. The van der Waals surface area contributed by atoms with Gasteiger partial charge >= 0.3 is 0 Å². The summed E-state index contributed by atoms with van der Waals surface area (Å²) in [6.07, 6.45) is 12.3. The number of rotatable bonds is 8. The van der Waals surface area contributed by atoms with Crippen molar-refractivity contribution < 1.29 is 0 Å². The smallest absolute Gasteiger partial charge is 0.0457 e. The van der Waals surface area contributed by atoms with Crippen LogP contribution in [0.2, 0.25) is 0 Å². The van der Waals surface area contributed by atoms with Crippen LogP contribution in [0.4, 0.5) is 0 Å². The highest BCUT2D eigenvalue weighted by Gasteiger charge is 2.20. The monoisotopic (exact) mass is 344 g/mol. The van der Waals surface area contributed by atoms with Gasteiger partial charge in [-0.1, -0.05) is 75.4 Å². The van der Waals surface area contributed by atoms with Crippen molar-refractivity contribution in [2.24, 2.45) is 0 Å². The summed E-state index contributed by atoms with van der Waals surface area (Å²) in [7, 11) is 0. The van der Waals surface area contributed by atoms with E-state index in [9.17, 15) is 0 Å². The normalized spacial score (nSPS) is 11.8. The quantitative estimate of drug-likeness (QED) is 0.318. The Labute approximate surface area is 155 Å². The molecule has 2 nitrogen and oxygen atoms in total. The third-order valence-electron chi connectivity index (χ3n) is 5.59. The van der Waals surface area contributed by atoms with Crippen LogP contribution in [0.1, 0.15) is 62.5 Å². The lowest BCUT2D eigenvalue weighted by molar-refractivity contribution is 0.583. The second kappa shape index (κ2) is 7.82. The molecule has 0 bridgehead atoms. The van der Waals surface area contributed by atoms with E-state index in [1.165, 1.54) is 71.5 Å². The van der Waals surface area contributed by atoms with Crippen LogP contribution >= 0.6 is 0 Å². The maximum Gasteiger partial charge on any atom is 0.0457 e. The molecule has 2 aromatic heterocycles. The summed E-state index contributed by atoms with van der Waals surface area (Å²) < 4.78 is 0. The van der Waals surface area contributed by atoms with Gasteiger partial charge in [0, 0.05) is 40.1 Å². The summed E-state index contributed by atoms with van der Waals surface area (Å²) >= 11 is 0. The summed E-state index contributed by atoms with van der Waals surface area (Å²) in [6.45, 7) is 2.28. The average Bonchev–Trinajstić information content (AvgIpc) is 3.30. The van der Waals surface area contributed by atoms with Crippen molar-refractivity contribution in [1.82, 2.24) is 9.97 Å². The summed E-state index contributed by atoms with van der Waals surface area (Å²) in [5, 5.41) is 2.72. The number of fused-ring (bicyclic) bond motifs is 2. The molecule has 0 saturated heterocycles. The van der Waals surface area contributed by atoms with E-state index in [1.807, 2.05) is 0 Å². The van der Waals surface area contributed by atoms with Crippen LogP contribution < -0.4 is 0 Å². The summed E-state index contributed by atoms with van der Waals surface area (Å²) in [5.74, 6) is 0.434. The molecule has 4 aromatic rings. The summed E-state index contributed by atoms with van der Waals surface area (Å²) in [6, 6.07) is 17.3. The van der Waals surface area contributed by atoms with E-state index in [4.69, 9.17) is 0 Å². The maximum absolute atomic E-state index is 3.48. The zero-order valence-corrected chi connectivity index (χ0v) is 15.6. The fourth-order valence-corrected chi connectivity index (χ4v) is 4.20. The first kappa shape index (κ1) is 17.0. The fraction of sp³-hybridized carbons (Fsp3) is 0.333. The third kappa shape index (κ3) is 3.29. The number of aromatic nitrogens is 2. The van der Waals surface area contributed by atoms with Crippen molar-refractivity contribution in [2.45, 2.75) is 51.4 Å². The van der Waals surface area contributed by atoms with Gasteiger partial charge in [0.05, 0.1) is 0 Å². The second-order valence-electron chi connectivity index (χ2n) is 7.33. The van der Waals surface area contributed by atoms with Crippen molar-refractivity contribution in [3.8, 4) is 0 Å². The molecule has 0 saturated carbocycles. The highest BCUT2D eigenvalue weighted by atomic mass is 14.7. The van der Waals surface area contributed by atoms with Crippen LogP contribution in [0.25, 0.3) is 21.8 Å². The molecule has 4 rings (SSSR count). The Morgan fingerprint density at radius 1 is 0.692 bits per heavy atom. The van der Waals surface area contributed by atoms with Gasteiger partial charge in [-0.2, -0.15) is 0 Å². The fourth-order valence-electron chi connectivity index (χ4n) is 4.20. The molecule has 0 radical (unpaired) electrons. The molecule has 0 spiro atoms. The van der Waals surface area contributed by atoms with E-state index < -0.39 is 0 Å². The highest BCUT2D eigenvalue weighted by Crippen LogP contribution is 2.38. The van der Waals surface area contributed by atoms with Crippen LogP contribution in [-0.2, 0) is 0 Å². The van der Waals surface area contributed by atoms with Crippen molar-refractivity contribution in [3.63, 3.8) is 0 Å². The lowest BCUT2D eigenvalue weighted by atomic mass is 9.86. The number of aromatic amines is 2. The first-order chi connectivity index (χ1) is 12.9. The number of nitrogens with one attached hydrogen (secondary N) is 2. The minimum absolute atomic E-state index is 0.434. The zero-order chi connectivity index (χ0) is 17.8. The molecule has 0 aliphatic heterocycles. The first-order valence-electron chi connectivity index (χ1n) is 10.0. The Morgan fingerprint density at radius 2 is 1.23 bits per heavy atom. The lowest BCUT2D eigenvalue weighted by Gasteiger charge is -2.16. The van der Waals surface area contributed by atoms with Gasteiger partial charge in [-0.3, -0.25) is 0 Å². The van der Waals surface area contributed by atoms with Crippen LogP contribution in [0, 0.1) is 0 Å². The minimum atomic E-state index is 0.434. The van der Waals surface area contributed by atoms with Gasteiger partial charge in [-0.25, -0.2) is 0 Å². The molecule has 0 unspecified atom stereocenters. The number of hydrogen-bond acceptors (Lipinski definition) is 0. The number of unbranched alkanes of at least 4 members (excludes halogenated alkanes) is 4. The van der Waals surface area contributed by atoms with Gasteiger partial charge in [-0.05, 0) is 29.7 Å². The van der Waals surface area contributed by atoms with Crippen molar-refractivity contribution in [2.75, 3.05) is 0 Å². The third-order valence-corrected chi connectivity index (χ3v) is 5.59. The van der Waals surface area contributed by atoms with Gasteiger partial charge in [0.1, 0.15) is 0 Å². The van der Waals surface area contributed by atoms with Gasteiger partial charge in [0.2, 0.25) is 0 Å². The van der Waals surface area contributed by atoms with Gasteiger partial charge in [0.25, 0.3) is 0 Å². The molecule has 0 aliphatic carbocycles. The Kier molecular flexibility index (Phi) is 5.10. The maximum atomic E-state index is 3.48. The van der Waals surface area contributed by atoms with E-state index in [-0.39, 0.29) is 0 Å². The van der Waals surface area contributed by atoms with Crippen LogP contribution in [0.5, 0.6) is 0 Å². The van der Waals surface area contributed by atoms with Crippen LogP contribution in [-0.4, -0.2) is 9.97 Å². The van der Waals surface area contributed by atoms with E-state index in [2.05, 4.69) is 77.8 Å². The van der Waals surface area contributed by atoms with Gasteiger partial charge in [0.15, 0.2) is 0 Å². The number of benzene rings is 2. The standard InChI is InChI=1S/C24H28N2/c1-2-3-4-5-6-11-18(21-16-25-23-14-9-7-12-19(21)23)22-17-26-24-15-10-8-13-20(22)24/h7-10,12-18,25-26H,2-6,11H2,1H3. The molecule has 2 heteroatoms. The summed E-state index contributed by atoms with van der Waals surface area (Å²) in [5.41, 5.74) is 5.33. The molecular weight excluding hydrogens is 316 g/mol. The number of hydrogen-bond donors (Lipinski definition) is 2. The van der Waals surface area contributed by atoms with Crippen LogP contribution in [0.3, 0.4) is 0 Å². The SMILES string of the molecule is CCCCCCCC(c1c[nH]c2ccccc12)c1c[nH]c2ccccc12. The van der Waals surface area contributed by atoms with Crippen LogP contribution in [0.15, 0.2) is 60.9 Å². The Balaban J connectivity index is 1.70. The topological polar surface area (TPSA) is 31.6 Å². The van der Waals surface area contributed by atoms with E-state index in [0.29, 0.717) is 5.92 Å². The molecule has 0 amide bonds. The van der Waals surface area contributed by atoms with Gasteiger partial charge < -0.3 is 9.97 Å². The van der Waals surface area contributed by atoms with Gasteiger partial charge in [-0.15, -0.1) is 0 Å². The molecular formula is C24H28N2. The van der Waals surface area contributed by atoms with Crippen molar-refractivity contribution in [1.29, 1.82) is 0 Å². The predicted molar refractivity (Wildman–Crippen MR) is 112 cm³/mol. The molecule has 2 aromatic carbocycles. The highest BCUT2D eigenvalue weighted by molar-refractivity contribution is 5.88. The van der Waals surface area contributed by atoms with E-state index in [1.54, 1.807) is 0 Å². The molecule has 134 valence electrons. The zero-order valence-electron chi connectivity index (χ0n) is 15.6. The van der Waals surface area contributed by atoms with E-state index in [0.717, 1.165) is 0 Å². The molecule has 0 atom stereocenters. The first-order valence-corrected chi connectivity index (χ1v) is 10.0. The van der Waals surface area contributed by atoms with E-state index >= 15 is 0 Å². The average molecular weight is 345 g/mol.